The molecule has 0 bridgehead atoms. The van der Waals surface area contributed by atoms with Crippen LogP contribution >= 0.6 is 0 Å². The Hall–Kier alpha value is -2.37. The third kappa shape index (κ3) is 2.10. The molecule has 2 aromatic rings. The van der Waals surface area contributed by atoms with Gasteiger partial charge in [-0.3, -0.25) is 15.2 Å². The number of nitro groups is 1. The van der Waals surface area contributed by atoms with Crippen LogP contribution in [0.15, 0.2) is 30.5 Å². The number of allylic oxidation sites excluding steroid dienone is 1. The van der Waals surface area contributed by atoms with E-state index < -0.39 is 4.92 Å². The number of hydrogen-bond donors (Lipinski definition) is 1. The van der Waals surface area contributed by atoms with E-state index in [0.29, 0.717) is 11.4 Å². The maximum Gasteiger partial charge on any atom is 0.245 e. The van der Waals surface area contributed by atoms with E-state index in [1.165, 1.54) is 0 Å². The van der Waals surface area contributed by atoms with Gasteiger partial charge in [0.05, 0.1) is 29.7 Å². The predicted octanol–water partition coefficient (Wildman–Crippen LogP) is 1.90. The lowest BCUT2D eigenvalue weighted by Crippen LogP contribution is -2.01. The summed E-state index contributed by atoms with van der Waals surface area (Å²) in [6.07, 6.45) is 0.136. The number of benzene rings is 1. The van der Waals surface area contributed by atoms with Gasteiger partial charge in [-0.25, -0.2) is 0 Å². The zero-order valence-corrected chi connectivity index (χ0v) is 9.27. The van der Waals surface area contributed by atoms with Gasteiger partial charge < -0.3 is 4.74 Å². The summed E-state index contributed by atoms with van der Waals surface area (Å²) in [7, 11) is 1.57. The van der Waals surface area contributed by atoms with E-state index in [2.05, 4.69) is 16.8 Å². The van der Waals surface area contributed by atoms with Crippen molar-refractivity contribution < 1.29 is 9.66 Å². The Morgan fingerprint density at radius 2 is 2.41 bits per heavy atom. The van der Waals surface area contributed by atoms with Gasteiger partial charge in [-0.1, -0.05) is 0 Å². The van der Waals surface area contributed by atoms with Crippen molar-refractivity contribution in [2.75, 3.05) is 7.11 Å². The first kappa shape index (κ1) is 11.1. The fourth-order valence-electron chi connectivity index (χ4n) is 1.57. The number of H-pyrrole nitrogens is 1. The monoisotopic (exact) mass is 233 g/mol. The highest BCUT2D eigenvalue weighted by molar-refractivity contribution is 5.83. The second kappa shape index (κ2) is 4.25. The van der Waals surface area contributed by atoms with Gasteiger partial charge in [0.1, 0.15) is 5.75 Å². The first-order valence-corrected chi connectivity index (χ1v) is 4.95. The van der Waals surface area contributed by atoms with Crippen LogP contribution in [0.25, 0.3) is 10.9 Å². The standard InChI is InChI=1S/C11H11N3O3/c1-7(14(15)16)5-11-9-6-8(17-2)3-4-10(9)12-13-11/h3-4,6H,1,5H2,2H3,(H,12,13). The van der Waals surface area contributed by atoms with Gasteiger partial charge in [0.25, 0.3) is 0 Å². The summed E-state index contributed by atoms with van der Waals surface area (Å²) in [4.78, 5) is 10.0. The van der Waals surface area contributed by atoms with Gasteiger partial charge in [0.15, 0.2) is 0 Å². The molecular formula is C11H11N3O3. The van der Waals surface area contributed by atoms with Crippen molar-refractivity contribution >= 4 is 10.9 Å². The van der Waals surface area contributed by atoms with E-state index in [9.17, 15) is 10.1 Å². The summed E-state index contributed by atoms with van der Waals surface area (Å²) in [5.41, 5.74) is 1.34. The lowest BCUT2D eigenvalue weighted by atomic mass is 10.1. The van der Waals surface area contributed by atoms with Crippen LogP contribution in [-0.2, 0) is 6.42 Å². The Balaban J connectivity index is 2.40. The average Bonchev–Trinajstić information content (AvgIpc) is 2.71. The molecule has 1 aromatic carbocycles. The first-order chi connectivity index (χ1) is 8.11. The van der Waals surface area contributed by atoms with Crippen LogP contribution in [0.5, 0.6) is 5.75 Å². The number of aromatic amines is 1. The zero-order valence-electron chi connectivity index (χ0n) is 9.27. The van der Waals surface area contributed by atoms with E-state index in [0.717, 1.165) is 10.9 Å². The van der Waals surface area contributed by atoms with Crippen LogP contribution in [-0.4, -0.2) is 22.2 Å². The number of nitrogens with zero attached hydrogens (tertiary/aromatic N) is 2. The molecule has 0 amide bonds. The first-order valence-electron chi connectivity index (χ1n) is 4.95. The number of rotatable bonds is 4. The maximum absolute atomic E-state index is 10.5. The molecule has 6 heteroatoms. The smallest absolute Gasteiger partial charge is 0.245 e. The van der Waals surface area contributed by atoms with Crippen molar-refractivity contribution in [1.29, 1.82) is 0 Å². The van der Waals surface area contributed by atoms with Crippen molar-refractivity contribution in [1.82, 2.24) is 10.2 Å². The molecule has 0 saturated heterocycles. The molecule has 1 heterocycles. The summed E-state index contributed by atoms with van der Waals surface area (Å²) < 4.78 is 5.10. The molecule has 1 aromatic heterocycles. The van der Waals surface area contributed by atoms with Crippen LogP contribution in [0.1, 0.15) is 5.69 Å². The Bertz CT molecular complexity index is 589. The number of hydrogen-bond acceptors (Lipinski definition) is 4. The number of fused-ring (bicyclic) bond motifs is 1. The minimum Gasteiger partial charge on any atom is -0.497 e. The van der Waals surface area contributed by atoms with E-state index in [-0.39, 0.29) is 12.1 Å². The summed E-state index contributed by atoms with van der Waals surface area (Å²) in [6.45, 7) is 3.40. The molecule has 0 aliphatic heterocycles. The lowest BCUT2D eigenvalue weighted by Gasteiger charge is -1.99. The van der Waals surface area contributed by atoms with Gasteiger partial charge in [-0.15, -0.1) is 0 Å². The van der Waals surface area contributed by atoms with Crippen LogP contribution < -0.4 is 4.74 Å². The predicted molar refractivity (Wildman–Crippen MR) is 62.5 cm³/mol. The molecule has 0 atom stereocenters. The van der Waals surface area contributed by atoms with Crippen LogP contribution in [0.3, 0.4) is 0 Å². The van der Waals surface area contributed by atoms with E-state index in [1.807, 2.05) is 0 Å². The largest absolute Gasteiger partial charge is 0.497 e. The van der Waals surface area contributed by atoms with Crippen molar-refractivity contribution in [2.24, 2.45) is 0 Å². The van der Waals surface area contributed by atoms with E-state index in [1.54, 1.807) is 25.3 Å². The maximum atomic E-state index is 10.5. The number of ether oxygens (including phenoxy) is 1. The molecule has 0 spiro atoms. The number of methoxy groups -OCH3 is 1. The molecule has 88 valence electrons. The Morgan fingerprint density at radius 1 is 1.65 bits per heavy atom. The van der Waals surface area contributed by atoms with E-state index >= 15 is 0 Å². The van der Waals surface area contributed by atoms with Crippen molar-refractivity contribution in [3.8, 4) is 5.75 Å². The third-order valence-electron chi connectivity index (χ3n) is 2.48. The van der Waals surface area contributed by atoms with E-state index in [4.69, 9.17) is 4.74 Å². The zero-order chi connectivity index (χ0) is 12.4. The van der Waals surface area contributed by atoms with Gasteiger partial charge in [0, 0.05) is 5.39 Å². The van der Waals surface area contributed by atoms with Crippen LogP contribution in [0.2, 0.25) is 0 Å². The second-order valence-electron chi connectivity index (χ2n) is 3.59. The highest BCUT2D eigenvalue weighted by Crippen LogP contribution is 2.23. The summed E-state index contributed by atoms with van der Waals surface area (Å²) in [6, 6.07) is 5.37. The van der Waals surface area contributed by atoms with Gasteiger partial charge in [-0.05, 0) is 24.8 Å². The quantitative estimate of drug-likeness (QED) is 0.646. The Kier molecular flexibility index (Phi) is 2.78. The fraction of sp³-hybridized carbons (Fsp3) is 0.182. The summed E-state index contributed by atoms with van der Waals surface area (Å²) in [5, 5.41) is 18.2. The molecule has 0 saturated carbocycles. The molecule has 0 unspecified atom stereocenters. The van der Waals surface area contributed by atoms with Gasteiger partial charge in [-0.2, -0.15) is 5.10 Å². The highest BCUT2D eigenvalue weighted by Gasteiger charge is 2.13. The molecular weight excluding hydrogens is 222 g/mol. The summed E-state index contributed by atoms with van der Waals surface area (Å²) >= 11 is 0. The number of nitrogens with one attached hydrogen (secondary N) is 1. The SMILES string of the molecule is C=C(Cc1[nH]nc2ccc(OC)cc12)[N+](=O)[O-]. The third-order valence-corrected chi connectivity index (χ3v) is 2.48. The van der Waals surface area contributed by atoms with Crippen molar-refractivity contribution in [2.45, 2.75) is 6.42 Å². The molecule has 0 aliphatic rings. The average molecular weight is 233 g/mol. The second-order valence-corrected chi connectivity index (χ2v) is 3.59. The minimum absolute atomic E-state index is 0.0710. The molecule has 0 fully saturated rings. The normalized spacial score (nSPS) is 10.4. The molecule has 0 radical (unpaired) electrons. The Morgan fingerprint density at radius 3 is 3.06 bits per heavy atom. The van der Waals surface area contributed by atoms with Crippen molar-refractivity contribution in [3.05, 3.63) is 46.3 Å². The van der Waals surface area contributed by atoms with Crippen LogP contribution in [0, 0.1) is 10.1 Å². The molecule has 17 heavy (non-hydrogen) atoms. The highest BCUT2D eigenvalue weighted by atomic mass is 16.6. The molecule has 6 nitrogen and oxygen atoms in total. The van der Waals surface area contributed by atoms with Crippen LogP contribution in [0.4, 0.5) is 0 Å². The fourth-order valence-corrected chi connectivity index (χ4v) is 1.57. The molecule has 2 rings (SSSR count). The number of aromatic nitrogens is 2. The lowest BCUT2D eigenvalue weighted by molar-refractivity contribution is -0.426. The molecule has 0 aliphatic carbocycles. The summed E-state index contributed by atoms with van der Waals surface area (Å²) in [5.74, 6) is 0.687. The Labute approximate surface area is 97.0 Å². The molecule has 1 N–H and O–H groups in total. The van der Waals surface area contributed by atoms with Gasteiger partial charge >= 0.3 is 0 Å². The van der Waals surface area contributed by atoms with Gasteiger partial charge in [0.2, 0.25) is 5.70 Å². The topological polar surface area (TPSA) is 81.0 Å². The van der Waals surface area contributed by atoms with Crippen molar-refractivity contribution in [3.63, 3.8) is 0 Å². The minimum atomic E-state index is -0.493.